The van der Waals surface area contributed by atoms with Crippen LogP contribution in [0.15, 0.2) is 11.6 Å². The predicted molar refractivity (Wildman–Crippen MR) is 54.3 cm³/mol. The van der Waals surface area contributed by atoms with Gasteiger partial charge in [0.2, 0.25) is 0 Å². The number of ether oxygens (including phenoxy) is 2. The first-order valence-corrected chi connectivity index (χ1v) is 5.68. The largest absolute Gasteiger partial charge is 0.344 e. The molecule has 0 aromatic rings. The average molecular weight is 208 g/mol. The van der Waals surface area contributed by atoms with Crippen LogP contribution in [0, 0.1) is 5.41 Å². The molecule has 2 aliphatic carbocycles. The van der Waals surface area contributed by atoms with E-state index in [1.54, 1.807) is 0 Å². The second kappa shape index (κ2) is 2.92. The molecule has 82 valence electrons. The Kier molecular flexibility index (Phi) is 1.86. The minimum Gasteiger partial charge on any atom is -0.344 e. The normalized spacial score (nSPS) is 38.2. The highest BCUT2D eigenvalue weighted by atomic mass is 16.7. The van der Waals surface area contributed by atoms with Gasteiger partial charge in [0.15, 0.2) is 5.79 Å². The molecule has 0 aromatic heterocycles. The fraction of sp³-hybridized carbons (Fsp3) is 0.750. The molecule has 0 aromatic carbocycles. The highest BCUT2D eigenvalue weighted by Crippen LogP contribution is 2.50. The fourth-order valence-corrected chi connectivity index (χ4v) is 2.97. The van der Waals surface area contributed by atoms with Gasteiger partial charge in [-0.3, -0.25) is 4.79 Å². The van der Waals surface area contributed by atoms with Gasteiger partial charge in [0.25, 0.3) is 0 Å². The van der Waals surface area contributed by atoms with Gasteiger partial charge < -0.3 is 9.47 Å². The maximum absolute atomic E-state index is 11.8. The summed E-state index contributed by atoms with van der Waals surface area (Å²) in [6.07, 6.45) is 5.35. The van der Waals surface area contributed by atoms with Crippen LogP contribution in [0.4, 0.5) is 0 Å². The van der Waals surface area contributed by atoms with Gasteiger partial charge in [-0.15, -0.1) is 0 Å². The Labute approximate surface area is 89.4 Å². The zero-order valence-corrected chi connectivity index (χ0v) is 9.04. The number of fused-ring (bicyclic) bond motifs is 1. The third-order valence-electron chi connectivity index (χ3n) is 4.09. The van der Waals surface area contributed by atoms with Gasteiger partial charge in [0.1, 0.15) is 5.78 Å². The summed E-state index contributed by atoms with van der Waals surface area (Å²) in [5.74, 6) is -0.0963. The molecule has 0 amide bonds. The predicted octanol–water partition coefficient (Wildman–Crippen LogP) is 1.82. The van der Waals surface area contributed by atoms with Gasteiger partial charge in [0.05, 0.1) is 13.2 Å². The molecule has 0 bridgehead atoms. The lowest BCUT2D eigenvalue weighted by Gasteiger charge is -2.36. The van der Waals surface area contributed by atoms with Crippen LogP contribution in [0.2, 0.25) is 0 Å². The number of allylic oxidation sites excluding steroid dienone is 1. The summed E-state index contributed by atoms with van der Waals surface area (Å²) in [5, 5.41) is 0. The number of rotatable bonds is 0. The second-order valence-electron chi connectivity index (χ2n) is 4.93. The van der Waals surface area contributed by atoms with E-state index in [4.69, 9.17) is 9.47 Å². The van der Waals surface area contributed by atoms with E-state index in [0.717, 1.165) is 19.3 Å². The van der Waals surface area contributed by atoms with Crippen molar-refractivity contribution in [1.82, 2.24) is 0 Å². The minimum atomic E-state index is -0.487. The van der Waals surface area contributed by atoms with Crippen LogP contribution in [0.3, 0.4) is 0 Å². The van der Waals surface area contributed by atoms with Crippen molar-refractivity contribution >= 4 is 5.78 Å². The van der Waals surface area contributed by atoms with E-state index in [0.29, 0.717) is 25.4 Å². The molecule has 3 rings (SSSR count). The topological polar surface area (TPSA) is 35.5 Å². The number of ketones is 1. The maximum Gasteiger partial charge on any atom is 0.188 e. The van der Waals surface area contributed by atoms with E-state index >= 15 is 0 Å². The van der Waals surface area contributed by atoms with Crippen LogP contribution in [0.5, 0.6) is 0 Å². The molecular formula is C12H16O3. The molecule has 1 aliphatic heterocycles. The number of hydrogen-bond acceptors (Lipinski definition) is 3. The summed E-state index contributed by atoms with van der Waals surface area (Å²) in [6, 6.07) is 0. The van der Waals surface area contributed by atoms with Crippen molar-refractivity contribution in [3.63, 3.8) is 0 Å². The molecule has 1 saturated heterocycles. The average Bonchev–Trinajstić information content (AvgIpc) is 2.78. The number of carbonyl (C=O) groups excluding carboxylic acids is 1. The highest BCUT2D eigenvalue weighted by molar-refractivity contribution is 5.91. The van der Waals surface area contributed by atoms with Crippen LogP contribution in [0.25, 0.3) is 0 Å². The zero-order chi connectivity index (χ0) is 10.5. The zero-order valence-electron chi connectivity index (χ0n) is 9.04. The Morgan fingerprint density at radius 1 is 1.20 bits per heavy atom. The van der Waals surface area contributed by atoms with Gasteiger partial charge in [-0.25, -0.2) is 0 Å². The molecule has 3 heteroatoms. The number of hydrogen-bond donors (Lipinski definition) is 0. The van der Waals surface area contributed by atoms with E-state index < -0.39 is 5.79 Å². The first-order chi connectivity index (χ1) is 7.15. The van der Waals surface area contributed by atoms with E-state index in [9.17, 15) is 4.79 Å². The molecule has 3 nitrogen and oxygen atoms in total. The Hall–Kier alpha value is -0.670. The molecule has 1 heterocycles. The molecule has 1 saturated carbocycles. The van der Waals surface area contributed by atoms with Gasteiger partial charge in [-0.05, 0) is 25.8 Å². The van der Waals surface area contributed by atoms with Crippen molar-refractivity contribution in [1.29, 1.82) is 0 Å². The number of Topliss-reactive ketones (excluding diaryl/α,β-unsaturated/α-hetero) is 1. The maximum atomic E-state index is 11.8. The van der Waals surface area contributed by atoms with Crippen LogP contribution < -0.4 is 0 Å². The van der Waals surface area contributed by atoms with Gasteiger partial charge in [-0.2, -0.15) is 0 Å². The molecule has 0 radical (unpaired) electrons. The van der Waals surface area contributed by atoms with E-state index in [2.05, 4.69) is 13.0 Å². The Balaban J connectivity index is 1.98. The van der Waals surface area contributed by atoms with Crippen molar-refractivity contribution < 1.29 is 14.3 Å². The summed E-state index contributed by atoms with van der Waals surface area (Å²) in [4.78, 5) is 11.8. The summed E-state index contributed by atoms with van der Waals surface area (Å²) in [7, 11) is 0. The molecular weight excluding hydrogens is 192 g/mol. The SMILES string of the molecule is C[C@]12CCC3(C=C1CCC2=O)OCCO3. The lowest BCUT2D eigenvalue weighted by atomic mass is 9.73. The fourth-order valence-electron chi connectivity index (χ4n) is 2.97. The van der Waals surface area contributed by atoms with Crippen molar-refractivity contribution in [2.75, 3.05) is 13.2 Å². The molecule has 1 atom stereocenters. The first-order valence-electron chi connectivity index (χ1n) is 5.68. The highest BCUT2D eigenvalue weighted by Gasteiger charge is 2.49. The van der Waals surface area contributed by atoms with Crippen LogP contribution in [-0.4, -0.2) is 24.8 Å². The summed E-state index contributed by atoms with van der Waals surface area (Å²) in [6.45, 7) is 3.42. The molecule has 3 aliphatic rings. The second-order valence-corrected chi connectivity index (χ2v) is 4.93. The van der Waals surface area contributed by atoms with Crippen molar-refractivity contribution in [3.05, 3.63) is 11.6 Å². The van der Waals surface area contributed by atoms with Crippen LogP contribution in [0.1, 0.15) is 32.6 Å². The molecule has 0 unspecified atom stereocenters. The van der Waals surface area contributed by atoms with E-state index in [1.807, 2.05) is 0 Å². The summed E-state index contributed by atoms with van der Waals surface area (Å²) >= 11 is 0. The number of carbonyl (C=O) groups is 1. The van der Waals surface area contributed by atoms with Gasteiger partial charge in [0, 0.05) is 18.3 Å². The molecule has 0 N–H and O–H groups in total. The molecule has 15 heavy (non-hydrogen) atoms. The molecule has 2 fully saturated rings. The standard InChI is InChI=1S/C12H16O3/c1-11-4-5-12(14-6-7-15-12)8-9(11)2-3-10(11)13/h8H,2-7H2,1H3/t11-/m0/s1. The van der Waals surface area contributed by atoms with Crippen LogP contribution in [-0.2, 0) is 14.3 Å². The smallest absolute Gasteiger partial charge is 0.188 e. The van der Waals surface area contributed by atoms with Gasteiger partial charge >= 0.3 is 0 Å². The lowest BCUT2D eigenvalue weighted by molar-refractivity contribution is -0.139. The lowest BCUT2D eigenvalue weighted by Crippen LogP contribution is -2.38. The van der Waals surface area contributed by atoms with E-state index in [-0.39, 0.29) is 5.41 Å². The summed E-state index contributed by atoms with van der Waals surface area (Å²) in [5.41, 5.74) is 1.03. The minimum absolute atomic E-state index is 0.208. The third-order valence-corrected chi connectivity index (χ3v) is 4.09. The van der Waals surface area contributed by atoms with Crippen molar-refractivity contribution in [2.45, 2.75) is 38.4 Å². The van der Waals surface area contributed by atoms with Gasteiger partial charge in [-0.1, -0.05) is 5.57 Å². The van der Waals surface area contributed by atoms with Crippen LogP contribution >= 0.6 is 0 Å². The molecule has 1 spiro atoms. The summed E-state index contributed by atoms with van der Waals surface area (Å²) < 4.78 is 11.3. The first kappa shape index (κ1) is 9.55. The van der Waals surface area contributed by atoms with Crippen molar-refractivity contribution in [2.24, 2.45) is 5.41 Å². The quantitative estimate of drug-likeness (QED) is 0.570. The Morgan fingerprint density at radius 2 is 1.93 bits per heavy atom. The monoisotopic (exact) mass is 208 g/mol. The third kappa shape index (κ3) is 1.23. The van der Waals surface area contributed by atoms with E-state index in [1.165, 1.54) is 5.57 Å². The Morgan fingerprint density at radius 3 is 2.67 bits per heavy atom. The van der Waals surface area contributed by atoms with Crippen molar-refractivity contribution in [3.8, 4) is 0 Å². The Bertz CT molecular complexity index is 339.